The Bertz CT molecular complexity index is 241. The molecule has 72 valence electrons. The zero-order valence-electron chi connectivity index (χ0n) is 8.90. The lowest BCUT2D eigenvalue weighted by molar-refractivity contribution is 0.834. The topological polar surface area (TPSA) is 0 Å². The van der Waals surface area contributed by atoms with Crippen molar-refractivity contribution in [3.05, 3.63) is 35.5 Å². The van der Waals surface area contributed by atoms with E-state index in [1.807, 2.05) is 0 Å². The molecule has 13 heavy (non-hydrogen) atoms. The summed E-state index contributed by atoms with van der Waals surface area (Å²) in [6.07, 6.45) is 10.9. The monoisotopic (exact) mass is 176 g/mol. The van der Waals surface area contributed by atoms with E-state index in [1.165, 1.54) is 36.8 Å². The quantitative estimate of drug-likeness (QED) is 0.559. The summed E-state index contributed by atoms with van der Waals surface area (Å²) < 4.78 is 0. The number of unbranched alkanes of at least 4 members (excludes halogenated alkanes) is 1. The van der Waals surface area contributed by atoms with Crippen molar-refractivity contribution in [3.8, 4) is 0 Å². The molecule has 0 fully saturated rings. The van der Waals surface area contributed by atoms with Crippen LogP contribution in [-0.2, 0) is 0 Å². The first kappa shape index (κ1) is 10.3. The largest absolute Gasteiger partial charge is 0.0958 e. The van der Waals surface area contributed by atoms with E-state index >= 15 is 0 Å². The van der Waals surface area contributed by atoms with Crippen molar-refractivity contribution >= 4 is 0 Å². The highest BCUT2D eigenvalue weighted by Crippen LogP contribution is 2.26. The maximum absolute atomic E-state index is 3.98. The minimum atomic E-state index is 1.15. The maximum atomic E-state index is 3.98. The fraction of sp³-hybridized carbons (Fsp3) is 0.538. The van der Waals surface area contributed by atoms with E-state index < -0.39 is 0 Å². The second-order valence-electron chi connectivity index (χ2n) is 3.86. The molecule has 0 unspecified atom stereocenters. The number of allylic oxidation sites excluding steroid dienone is 5. The standard InChI is InChI=1S/C13H20/c1-4-5-6-12-7-9-13(10-8-12)11(2)3/h6,9H,2,4-5,7-8,10H2,1,3H3. The average molecular weight is 176 g/mol. The van der Waals surface area contributed by atoms with Crippen LogP contribution in [0.15, 0.2) is 35.5 Å². The summed E-state index contributed by atoms with van der Waals surface area (Å²) in [5.74, 6) is 0. The van der Waals surface area contributed by atoms with Crippen LogP contribution in [0.5, 0.6) is 0 Å². The second-order valence-corrected chi connectivity index (χ2v) is 3.86. The summed E-state index contributed by atoms with van der Waals surface area (Å²) in [4.78, 5) is 0. The van der Waals surface area contributed by atoms with Crippen molar-refractivity contribution in [2.24, 2.45) is 0 Å². The minimum absolute atomic E-state index is 1.15. The molecule has 0 bridgehead atoms. The van der Waals surface area contributed by atoms with Gasteiger partial charge in [-0.15, -0.1) is 0 Å². The Morgan fingerprint density at radius 3 is 2.77 bits per heavy atom. The Kier molecular flexibility index (Phi) is 4.01. The molecule has 0 nitrogen and oxygen atoms in total. The van der Waals surface area contributed by atoms with Gasteiger partial charge in [0.05, 0.1) is 0 Å². The Labute approximate surface area is 82.0 Å². The maximum Gasteiger partial charge on any atom is -0.0133 e. The molecule has 0 spiro atoms. The molecule has 1 aliphatic carbocycles. The molecule has 1 rings (SSSR count). The van der Waals surface area contributed by atoms with Crippen LogP contribution < -0.4 is 0 Å². The number of hydrogen-bond acceptors (Lipinski definition) is 0. The predicted molar refractivity (Wildman–Crippen MR) is 59.7 cm³/mol. The van der Waals surface area contributed by atoms with Gasteiger partial charge in [-0.1, -0.05) is 43.2 Å². The van der Waals surface area contributed by atoms with Crippen LogP contribution in [0.3, 0.4) is 0 Å². The summed E-state index contributed by atoms with van der Waals surface area (Å²) in [6.45, 7) is 8.31. The first-order valence-electron chi connectivity index (χ1n) is 5.27. The van der Waals surface area contributed by atoms with Crippen LogP contribution in [0.2, 0.25) is 0 Å². The third-order valence-corrected chi connectivity index (χ3v) is 2.60. The SMILES string of the molecule is C=C(C)C1=CCC(=CCCC)CC1. The lowest BCUT2D eigenvalue weighted by Crippen LogP contribution is -1.95. The van der Waals surface area contributed by atoms with E-state index in [9.17, 15) is 0 Å². The molecule has 0 heteroatoms. The molecular formula is C13H20. The fourth-order valence-corrected chi connectivity index (χ4v) is 1.68. The normalized spacial score (nSPS) is 20.2. The highest BCUT2D eigenvalue weighted by atomic mass is 14.1. The first-order chi connectivity index (χ1) is 6.24. The average Bonchev–Trinajstić information content (AvgIpc) is 2.15. The highest BCUT2D eigenvalue weighted by Gasteiger charge is 2.07. The van der Waals surface area contributed by atoms with Crippen molar-refractivity contribution in [3.63, 3.8) is 0 Å². The third kappa shape index (κ3) is 3.22. The zero-order valence-corrected chi connectivity index (χ0v) is 8.90. The molecule has 0 heterocycles. The summed E-state index contributed by atoms with van der Waals surface area (Å²) >= 11 is 0. The summed E-state index contributed by atoms with van der Waals surface area (Å²) in [5.41, 5.74) is 4.33. The van der Waals surface area contributed by atoms with Crippen LogP contribution >= 0.6 is 0 Å². The first-order valence-corrected chi connectivity index (χ1v) is 5.27. The summed E-state index contributed by atoms with van der Waals surface area (Å²) in [7, 11) is 0. The number of rotatable bonds is 3. The second kappa shape index (κ2) is 5.06. The highest BCUT2D eigenvalue weighted by molar-refractivity contribution is 5.31. The Balaban J connectivity index is 2.50. The lowest BCUT2D eigenvalue weighted by atomic mass is 9.91. The Morgan fingerprint density at radius 2 is 2.31 bits per heavy atom. The molecule has 1 aliphatic rings. The molecule has 0 aromatic rings. The molecule has 0 radical (unpaired) electrons. The van der Waals surface area contributed by atoms with E-state index in [2.05, 4.69) is 32.6 Å². The molecule has 0 aliphatic heterocycles. The van der Waals surface area contributed by atoms with Gasteiger partial charge in [-0.3, -0.25) is 0 Å². The Hall–Kier alpha value is -0.780. The van der Waals surface area contributed by atoms with Gasteiger partial charge in [0.1, 0.15) is 0 Å². The van der Waals surface area contributed by atoms with Gasteiger partial charge in [0.2, 0.25) is 0 Å². The smallest absolute Gasteiger partial charge is 0.0133 e. The summed E-state index contributed by atoms with van der Waals surface area (Å²) in [5, 5.41) is 0. The van der Waals surface area contributed by atoms with Gasteiger partial charge in [0.25, 0.3) is 0 Å². The third-order valence-electron chi connectivity index (χ3n) is 2.60. The van der Waals surface area contributed by atoms with Gasteiger partial charge < -0.3 is 0 Å². The van der Waals surface area contributed by atoms with Crippen LogP contribution in [-0.4, -0.2) is 0 Å². The van der Waals surface area contributed by atoms with Crippen LogP contribution in [0.25, 0.3) is 0 Å². The van der Waals surface area contributed by atoms with Crippen LogP contribution in [0, 0.1) is 0 Å². The fourth-order valence-electron chi connectivity index (χ4n) is 1.68. The van der Waals surface area contributed by atoms with Crippen molar-refractivity contribution in [1.29, 1.82) is 0 Å². The van der Waals surface area contributed by atoms with Crippen molar-refractivity contribution in [2.45, 2.75) is 46.0 Å². The van der Waals surface area contributed by atoms with E-state index in [4.69, 9.17) is 0 Å². The number of hydrogen-bond donors (Lipinski definition) is 0. The van der Waals surface area contributed by atoms with Gasteiger partial charge in [0.15, 0.2) is 0 Å². The van der Waals surface area contributed by atoms with Crippen molar-refractivity contribution < 1.29 is 0 Å². The summed E-state index contributed by atoms with van der Waals surface area (Å²) in [6, 6.07) is 0. The minimum Gasteiger partial charge on any atom is -0.0958 e. The molecule has 0 atom stereocenters. The van der Waals surface area contributed by atoms with Gasteiger partial charge in [0, 0.05) is 0 Å². The van der Waals surface area contributed by atoms with E-state index in [1.54, 1.807) is 5.57 Å². The molecule has 0 aromatic carbocycles. The van der Waals surface area contributed by atoms with Crippen molar-refractivity contribution in [1.82, 2.24) is 0 Å². The molecule has 0 aromatic heterocycles. The van der Waals surface area contributed by atoms with Gasteiger partial charge in [-0.25, -0.2) is 0 Å². The molecule has 0 saturated carbocycles. The van der Waals surface area contributed by atoms with E-state index in [0.29, 0.717) is 0 Å². The van der Waals surface area contributed by atoms with Gasteiger partial charge >= 0.3 is 0 Å². The molecule has 0 N–H and O–H groups in total. The molecular weight excluding hydrogens is 156 g/mol. The van der Waals surface area contributed by atoms with Crippen molar-refractivity contribution in [2.75, 3.05) is 0 Å². The van der Waals surface area contributed by atoms with Crippen LogP contribution in [0.4, 0.5) is 0 Å². The predicted octanol–water partition coefficient (Wildman–Crippen LogP) is 4.40. The van der Waals surface area contributed by atoms with E-state index in [-0.39, 0.29) is 0 Å². The van der Waals surface area contributed by atoms with Gasteiger partial charge in [-0.2, -0.15) is 0 Å². The molecule has 0 saturated heterocycles. The van der Waals surface area contributed by atoms with E-state index in [0.717, 1.165) is 6.42 Å². The van der Waals surface area contributed by atoms with Crippen LogP contribution in [0.1, 0.15) is 46.0 Å². The zero-order chi connectivity index (χ0) is 9.68. The Morgan fingerprint density at radius 1 is 1.54 bits per heavy atom. The van der Waals surface area contributed by atoms with Gasteiger partial charge in [-0.05, 0) is 38.2 Å². The molecule has 0 amide bonds. The lowest BCUT2D eigenvalue weighted by Gasteiger charge is -2.15.